The lowest BCUT2D eigenvalue weighted by Gasteiger charge is -2.17. The van der Waals surface area contributed by atoms with Gasteiger partial charge in [0.05, 0.1) is 18.1 Å². The van der Waals surface area contributed by atoms with Crippen molar-refractivity contribution in [2.24, 2.45) is 0 Å². The fraction of sp³-hybridized carbons (Fsp3) is 0.304. The van der Waals surface area contributed by atoms with Gasteiger partial charge in [-0.2, -0.15) is 5.10 Å². The molecule has 1 aliphatic heterocycles. The van der Waals surface area contributed by atoms with Gasteiger partial charge in [-0.1, -0.05) is 11.8 Å². The minimum atomic E-state index is -0.0993. The van der Waals surface area contributed by atoms with Crippen LogP contribution in [0.4, 0.5) is 5.82 Å². The maximum atomic E-state index is 12.6. The number of carbonyl (C=O) groups is 1. The topological polar surface area (TPSA) is 80.9 Å². The van der Waals surface area contributed by atoms with E-state index in [0.29, 0.717) is 18.7 Å². The van der Waals surface area contributed by atoms with E-state index >= 15 is 0 Å². The highest BCUT2D eigenvalue weighted by Crippen LogP contribution is 2.28. The molecule has 0 atom stereocenters. The Morgan fingerprint density at radius 1 is 1.09 bits per heavy atom. The molecule has 0 saturated carbocycles. The van der Waals surface area contributed by atoms with Crippen LogP contribution in [0.2, 0.25) is 0 Å². The van der Waals surface area contributed by atoms with Crippen molar-refractivity contribution in [3.05, 3.63) is 60.6 Å². The van der Waals surface area contributed by atoms with Crippen LogP contribution in [0.15, 0.2) is 60.1 Å². The van der Waals surface area contributed by atoms with E-state index in [1.807, 2.05) is 70.5 Å². The summed E-state index contributed by atoms with van der Waals surface area (Å²) in [5.41, 5.74) is 2.47. The zero-order valence-corrected chi connectivity index (χ0v) is 18.8. The first-order valence-corrected chi connectivity index (χ1v) is 12.0. The molecule has 3 aromatic heterocycles. The van der Waals surface area contributed by atoms with E-state index in [1.54, 1.807) is 0 Å². The van der Waals surface area contributed by atoms with Gasteiger partial charge in [-0.3, -0.25) is 4.79 Å². The number of aromatic nitrogens is 5. The highest BCUT2D eigenvalue weighted by molar-refractivity contribution is 7.98. The lowest BCUT2D eigenvalue weighted by Crippen LogP contribution is -2.27. The third-order valence-electron chi connectivity index (χ3n) is 5.69. The minimum Gasteiger partial charge on any atom is -0.356 e. The van der Waals surface area contributed by atoms with E-state index in [0.717, 1.165) is 40.8 Å². The Morgan fingerprint density at radius 3 is 2.56 bits per heavy atom. The molecule has 8 nitrogen and oxygen atoms in total. The predicted molar refractivity (Wildman–Crippen MR) is 127 cm³/mol. The van der Waals surface area contributed by atoms with Crippen molar-refractivity contribution >= 4 is 34.5 Å². The van der Waals surface area contributed by atoms with Gasteiger partial charge in [0.2, 0.25) is 0 Å². The third kappa shape index (κ3) is 4.08. The molecule has 4 aromatic rings. The Balaban J connectivity index is 1.27. The number of amides is 1. The Morgan fingerprint density at radius 2 is 1.84 bits per heavy atom. The van der Waals surface area contributed by atoms with Crippen LogP contribution in [-0.2, 0) is 6.54 Å². The first-order valence-electron chi connectivity index (χ1n) is 10.8. The molecule has 0 spiro atoms. The standard InChI is InChI=1S/C23H25N7OS/c1-32-23-26-20(29-13-4-5-14-29)19-16-25-30(21(19)27-23)15-10-24-22(31)17-6-8-18(9-7-17)28-11-2-3-12-28/h2-3,6-9,11-12,16H,4-5,10,13-15H2,1H3,(H,24,31). The molecular formula is C23H25N7OS. The Hall–Kier alpha value is -3.33. The smallest absolute Gasteiger partial charge is 0.251 e. The molecule has 0 radical (unpaired) electrons. The van der Waals surface area contributed by atoms with Crippen molar-refractivity contribution in [3.8, 4) is 5.69 Å². The maximum Gasteiger partial charge on any atom is 0.251 e. The summed E-state index contributed by atoms with van der Waals surface area (Å²) in [6.45, 7) is 3.04. The SMILES string of the molecule is CSc1nc(N2CCCC2)c2cnn(CCNC(=O)c3ccc(-n4cccc4)cc3)c2n1. The minimum absolute atomic E-state index is 0.0993. The fourth-order valence-electron chi connectivity index (χ4n) is 4.01. The summed E-state index contributed by atoms with van der Waals surface area (Å²) < 4.78 is 3.86. The van der Waals surface area contributed by atoms with Gasteiger partial charge in [0.1, 0.15) is 5.82 Å². The van der Waals surface area contributed by atoms with E-state index in [4.69, 9.17) is 4.98 Å². The fourth-order valence-corrected chi connectivity index (χ4v) is 4.37. The molecule has 1 aromatic carbocycles. The molecule has 1 aliphatic rings. The first-order chi connectivity index (χ1) is 15.7. The Labute approximate surface area is 190 Å². The van der Waals surface area contributed by atoms with Gasteiger partial charge in [0.15, 0.2) is 10.8 Å². The second kappa shape index (κ2) is 9.04. The van der Waals surface area contributed by atoms with Crippen LogP contribution >= 0.6 is 11.8 Å². The summed E-state index contributed by atoms with van der Waals surface area (Å²) in [6, 6.07) is 11.5. The second-order valence-electron chi connectivity index (χ2n) is 7.73. The normalized spacial score (nSPS) is 13.7. The molecule has 0 bridgehead atoms. The summed E-state index contributed by atoms with van der Waals surface area (Å²) in [5.74, 6) is 0.868. The molecule has 32 heavy (non-hydrogen) atoms. The predicted octanol–water partition coefficient (Wildman–Crippen LogP) is 3.37. The Bertz CT molecular complexity index is 1210. The summed E-state index contributed by atoms with van der Waals surface area (Å²) in [4.78, 5) is 24.3. The van der Waals surface area contributed by atoms with Gasteiger partial charge < -0.3 is 14.8 Å². The van der Waals surface area contributed by atoms with Crippen LogP contribution in [0.25, 0.3) is 16.7 Å². The molecule has 4 heterocycles. The van der Waals surface area contributed by atoms with Crippen molar-refractivity contribution in [1.29, 1.82) is 0 Å². The molecule has 164 valence electrons. The number of thioether (sulfide) groups is 1. The number of nitrogens with one attached hydrogen (secondary N) is 1. The summed E-state index contributed by atoms with van der Waals surface area (Å²) in [6.07, 6.45) is 10.2. The number of anilines is 1. The number of rotatable bonds is 7. The van der Waals surface area contributed by atoms with Crippen LogP contribution in [-0.4, -0.2) is 56.1 Å². The van der Waals surface area contributed by atoms with E-state index in [1.165, 1.54) is 24.6 Å². The summed E-state index contributed by atoms with van der Waals surface area (Å²) in [7, 11) is 0. The van der Waals surface area contributed by atoms with Gasteiger partial charge in [-0.05, 0) is 55.5 Å². The molecule has 1 saturated heterocycles. The van der Waals surface area contributed by atoms with E-state index in [9.17, 15) is 4.79 Å². The lowest BCUT2D eigenvalue weighted by molar-refractivity contribution is 0.0952. The van der Waals surface area contributed by atoms with E-state index in [2.05, 4.69) is 20.3 Å². The quantitative estimate of drug-likeness (QED) is 0.346. The molecule has 5 rings (SSSR count). The maximum absolute atomic E-state index is 12.6. The van der Waals surface area contributed by atoms with E-state index < -0.39 is 0 Å². The van der Waals surface area contributed by atoms with Gasteiger partial charge >= 0.3 is 0 Å². The molecule has 1 fully saturated rings. The summed E-state index contributed by atoms with van der Waals surface area (Å²) in [5, 5.41) is 9.24. The highest BCUT2D eigenvalue weighted by atomic mass is 32.2. The van der Waals surface area contributed by atoms with Crippen molar-refractivity contribution in [2.75, 3.05) is 30.8 Å². The van der Waals surface area contributed by atoms with Gasteiger partial charge in [0, 0.05) is 43.3 Å². The zero-order chi connectivity index (χ0) is 21.9. The van der Waals surface area contributed by atoms with Crippen LogP contribution in [0, 0.1) is 0 Å². The lowest BCUT2D eigenvalue weighted by atomic mass is 10.2. The van der Waals surface area contributed by atoms with Gasteiger partial charge in [0.25, 0.3) is 5.91 Å². The number of nitrogens with zero attached hydrogens (tertiary/aromatic N) is 6. The molecule has 1 N–H and O–H groups in total. The number of hydrogen-bond donors (Lipinski definition) is 1. The van der Waals surface area contributed by atoms with Crippen molar-refractivity contribution in [2.45, 2.75) is 24.5 Å². The monoisotopic (exact) mass is 447 g/mol. The van der Waals surface area contributed by atoms with Crippen LogP contribution in [0.1, 0.15) is 23.2 Å². The second-order valence-corrected chi connectivity index (χ2v) is 8.50. The number of carbonyl (C=O) groups excluding carboxylic acids is 1. The number of benzene rings is 1. The molecule has 0 aliphatic carbocycles. The largest absolute Gasteiger partial charge is 0.356 e. The van der Waals surface area contributed by atoms with E-state index in [-0.39, 0.29) is 5.91 Å². The third-order valence-corrected chi connectivity index (χ3v) is 6.23. The van der Waals surface area contributed by atoms with Crippen molar-refractivity contribution in [3.63, 3.8) is 0 Å². The van der Waals surface area contributed by atoms with Crippen molar-refractivity contribution in [1.82, 2.24) is 29.6 Å². The van der Waals surface area contributed by atoms with Crippen LogP contribution in [0.3, 0.4) is 0 Å². The number of fused-ring (bicyclic) bond motifs is 1. The molecular weight excluding hydrogens is 422 g/mol. The average Bonchev–Trinajstić information content (AvgIpc) is 3.61. The molecule has 1 amide bonds. The van der Waals surface area contributed by atoms with Crippen molar-refractivity contribution < 1.29 is 4.79 Å². The first kappa shape index (κ1) is 20.6. The van der Waals surface area contributed by atoms with Crippen LogP contribution < -0.4 is 10.2 Å². The Kier molecular flexibility index (Phi) is 5.81. The molecule has 9 heteroatoms. The van der Waals surface area contributed by atoms with Gasteiger partial charge in [-0.15, -0.1) is 0 Å². The molecule has 0 unspecified atom stereocenters. The number of hydrogen-bond acceptors (Lipinski definition) is 6. The zero-order valence-electron chi connectivity index (χ0n) is 17.9. The van der Waals surface area contributed by atoms with Crippen LogP contribution in [0.5, 0.6) is 0 Å². The average molecular weight is 448 g/mol. The summed E-state index contributed by atoms with van der Waals surface area (Å²) >= 11 is 1.53. The highest BCUT2D eigenvalue weighted by Gasteiger charge is 2.20. The van der Waals surface area contributed by atoms with Gasteiger partial charge in [-0.25, -0.2) is 14.6 Å².